The quantitative estimate of drug-likeness (QED) is 0.610. The highest BCUT2D eigenvalue weighted by Gasteiger charge is 2.38. The zero-order valence-electron chi connectivity index (χ0n) is 11.5. The number of rotatable bonds is 4. The first-order chi connectivity index (χ1) is 9.91. The number of aliphatic carboxylic acids is 1. The van der Waals surface area contributed by atoms with E-state index in [1.807, 2.05) is 0 Å². The molecule has 1 aliphatic heterocycles. The van der Waals surface area contributed by atoms with Crippen LogP contribution in [-0.4, -0.2) is 32.1 Å². The maximum absolute atomic E-state index is 12.4. The summed E-state index contributed by atoms with van der Waals surface area (Å²) in [6, 6.07) is 2.46. The lowest BCUT2D eigenvalue weighted by Crippen LogP contribution is -2.52. The van der Waals surface area contributed by atoms with Crippen LogP contribution in [0.3, 0.4) is 0 Å². The van der Waals surface area contributed by atoms with E-state index in [1.54, 1.807) is 44.4 Å². The number of thiocarbonyl (C=S) groups is 1. The van der Waals surface area contributed by atoms with Crippen LogP contribution in [0.15, 0.2) is 29.4 Å². The highest BCUT2D eigenvalue weighted by Crippen LogP contribution is 2.35. The number of carbonyl (C=O) groups excluding carboxylic acids is 2. The smallest absolute Gasteiger partial charge is 0.266 e. The van der Waals surface area contributed by atoms with Gasteiger partial charge in [0.2, 0.25) is 0 Å². The fourth-order valence-electron chi connectivity index (χ4n) is 2.01. The summed E-state index contributed by atoms with van der Waals surface area (Å²) in [5.74, 6) is -1.99. The summed E-state index contributed by atoms with van der Waals surface area (Å²) in [4.78, 5) is 29.1. The number of nitrogens with zero attached hydrogens (tertiary/aromatic N) is 2. The molecule has 0 bridgehead atoms. The molecule has 21 heavy (non-hydrogen) atoms. The molecule has 1 amide bonds. The molecule has 0 saturated carbocycles. The molecule has 1 aliphatic rings. The number of carbonyl (C=O) groups is 2. The average Bonchev–Trinajstić information content (AvgIpc) is 2.67. The van der Waals surface area contributed by atoms with Gasteiger partial charge in [0.15, 0.2) is 0 Å². The van der Waals surface area contributed by atoms with E-state index in [9.17, 15) is 14.7 Å². The number of thioether (sulfide) groups is 1. The summed E-state index contributed by atoms with van der Waals surface area (Å²) < 4.78 is 0.239. The third kappa shape index (κ3) is 3.30. The van der Waals surface area contributed by atoms with Gasteiger partial charge in [0.25, 0.3) is 5.91 Å². The molecule has 5 nitrogen and oxygen atoms in total. The van der Waals surface area contributed by atoms with Crippen molar-refractivity contribution in [3.8, 4) is 0 Å². The molecule has 0 aliphatic carbocycles. The van der Waals surface area contributed by atoms with E-state index in [1.165, 1.54) is 0 Å². The van der Waals surface area contributed by atoms with Gasteiger partial charge in [-0.15, -0.1) is 0 Å². The Morgan fingerprint density at radius 3 is 2.57 bits per heavy atom. The van der Waals surface area contributed by atoms with E-state index < -0.39 is 17.9 Å². The number of hydrogen-bond acceptors (Lipinski definition) is 6. The lowest BCUT2D eigenvalue weighted by atomic mass is 10.0. The van der Waals surface area contributed by atoms with Crippen LogP contribution in [-0.2, 0) is 9.59 Å². The minimum Gasteiger partial charge on any atom is -0.548 e. The Morgan fingerprint density at radius 2 is 2.05 bits per heavy atom. The van der Waals surface area contributed by atoms with Crippen LogP contribution in [0.1, 0.15) is 19.4 Å². The monoisotopic (exact) mass is 321 g/mol. The summed E-state index contributed by atoms with van der Waals surface area (Å²) in [6.07, 6.45) is 4.91. The molecule has 110 valence electrons. The standard InChI is InChI=1S/C14H14N2O3S2/c1-8(2)11(13(18)19)16-12(17)10(21-14(16)20)7-9-3-5-15-6-4-9/h3-8,11H,1-2H3,(H,18,19)/p-1/b10-7-/t11-/m1/s1. The highest BCUT2D eigenvalue weighted by atomic mass is 32.2. The van der Waals surface area contributed by atoms with Crippen molar-refractivity contribution in [3.63, 3.8) is 0 Å². The number of pyridine rings is 1. The number of carboxylic acids is 1. The second-order valence-corrected chi connectivity index (χ2v) is 6.52. The van der Waals surface area contributed by atoms with Crippen LogP contribution >= 0.6 is 24.0 Å². The highest BCUT2D eigenvalue weighted by molar-refractivity contribution is 8.26. The number of hydrogen-bond donors (Lipinski definition) is 0. The SMILES string of the molecule is CC(C)[C@H](C(=O)[O-])N1C(=O)/C(=C/c2ccncc2)SC1=S. The van der Waals surface area contributed by atoms with Crippen molar-refractivity contribution >= 4 is 46.3 Å². The summed E-state index contributed by atoms with van der Waals surface area (Å²) in [5, 5.41) is 11.3. The molecule has 0 unspecified atom stereocenters. The molecule has 1 atom stereocenters. The van der Waals surface area contributed by atoms with E-state index in [-0.39, 0.29) is 10.2 Å². The fraction of sp³-hybridized carbons (Fsp3) is 0.286. The van der Waals surface area contributed by atoms with Gasteiger partial charge in [-0.2, -0.15) is 0 Å². The molecule has 1 aromatic rings. The number of carboxylic acid groups (broad SMARTS) is 1. The Balaban J connectivity index is 2.32. The molecule has 7 heteroatoms. The zero-order valence-corrected chi connectivity index (χ0v) is 13.1. The third-order valence-corrected chi connectivity index (χ3v) is 4.31. The molecule has 0 N–H and O–H groups in total. The zero-order chi connectivity index (χ0) is 15.6. The van der Waals surface area contributed by atoms with E-state index in [4.69, 9.17) is 12.2 Å². The van der Waals surface area contributed by atoms with Crippen LogP contribution in [0.4, 0.5) is 0 Å². The van der Waals surface area contributed by atoms with Crippen LogP contribution in [0.5, 0.6) is 0 Å². The molecular weight excluding hydrogens is 308 g/mol. The molecule has 2 heterocycles. The Kier molecular flexibility index (Phi) is 4.74. The predicted octanol–water partition coefficient (Wildman–Crippen LogP) is 1.06. The van der Waals surface area contributed by atoms with Crippen LogP contribution < -0.4 is 5.11 Å². The summed E-state index contributed by atoms with van der Waals surface area (Å²) in [7, 11) is 0. The first-order valence-corrected chi connectivity index (χ1v) is 7.52. The van der Waals surface area contributed by atoms with Gasteiger partial charge >= 0.3 is 0 Å². The van der Waals surface area contributed by atoms with Gasteiger partial charge in [0.1, 0.15) is 4.32 Å². The Bertz CT molecular complexity index is 614. The predicted molar refractivity (Wildman–Crippen MR) is 82.9 cm³/mol. The molecule has 1 saturated heterocycles. The van der Waals surface area contributed by atoms with Gasteiger partial charge in [-0.05, 0) is 29.7 Å². The largest absolute Gasteiger partial charge is 0.548 e. The topological polar surface area (TPSA) is 73.3 Å². The van der Waals surface area contributed by atoms with Gasteiger partial charge in [-0.1, -0.05) is 37.8 Å². The van der Waals surface area contributed by atoms with Crippen LogP contribution in [0.2, 0.25) is 0 Å². The minimum absolute atomic E-state index is 0.239. The minimum atomic E-state index is -1.30. The van der Waals surface area contributed by atoms with E-state index in [0.29, 0.717) is 4.91 Å². The van der Waals surface area contributed by atoms with Crippen molar-refractivity contribution in [1.29, 1.82) is 0 Å². The normalized spacial score (nSPS) is 18.6. The number of amides is 1. The van der Waals surface area contributed by atoms with Crippen molar-refractivity contribution in [3.05, 3.63) is 35.0 Å². The lowest BCUT2D eigenvalue weighted by molar-refractivity contribution is -0.311. The van der Waals surface area contributed by atoms with Gasteiger partial charge in [0, 0.05) is 12.4 Å². The Hall–Kier alpha value is -1.73. The van der Waals surface area contributed by atoms with Crippen molar-refractivity contribution in [2.24, 2.45) is 5.92 Å². The Morgan fingerprint density at radius 1 is 1.43 bits per heavy atom. The molecule has 1 fully saturated rings. The molecule has 0 radical (unpaired) electrons. The van der Waals surface area contributed by atoms with Crippen LogP contribution in [0.25, 0.3) is 6.08 Å². The summed E-state index contributed by atoms with van der Waals surface area (Å²) >= 11 is 6.25. The Labute approximate surface area is 132 Å². The number of aromatic nitrogens is 1. The van der Waals surface area contributed by atoms with Gasteiger partial charge < -0.3 is 9.90 Å². The van der Waals surface area contributed by atoms with Gasteiger partial charge in [-0.3, -0.25) is 14.7 Å². The third-order valence-electron chi connectivity index (χ3n) is 2.98. The second-order valence-electron chi connectivity index (χ2n) is 4.84. The summed E-state index contributed by atoms with van der Waals surface area (Å²) in [6.45, 7) is 3.43. The first-order valence-electron chi connectivity index (χ1n) is 6.29. The lowest BCUT2D eigenvalue weighted by Gasteiger charge is -2.30. The molecule has 2 rings (SSSR count). The maximum Gasteiger partial charge on any atom is 0.266 e. The van der Waals surface area contributed by atoms with Crippen molar-refractivity contribution in [2.45, 2.75) is 19.9 Å². The molecule has 0 spiro atoms. The summed E-state index contributed by atoms with van der Waals surface area (Å²) in [5.41, 5.74) is 0.806. The van der Waals surface area contributed by atoms with Crippen molar-refractivity contribution in [1.82, 2.24) is 9.88 Å². The van der Waals surface area contributed by atoms with E-state index in [0.717, 1.165) is 22.2 Å². The average molecular weight is 321 g/mol. The van der Waals surface area contributed by atoms with E-state index in [2.05, 4.69) is 4.98 Å². The molecule has 0 aromatic carbocycles. The first kappa shape index (κ1) is 15.7. The van der Waals surface area contributed by atoms with E-state index >= 15 is 0 Å². The van der Waals surface area contributed by atoms with Crippen molar-refractivity contribution in [2.75, 3.05) is 0 Å². The fourth-order valence-corrected chi connectivity index (χ4v) is 3.34. The van der Waals surface area contributed by atoms with Gasteiger partial charge in [0.05, 0.1) is 16.9 Å². The maximum atomic E-state index is 12.4. The second kappa shape index (κ2) is 6.36. The van der Waals surface area contributed by atoms with Crippen molar-refractivity contribution < 1.29 is 14.7 Å². The van der Waals surface area contributed by atoms with Crippen LogP contribution in [0, 0.1) is 5.92 Å². The van der Waals surface area contributed by atoms with Gasteiger partial charge in [-0.25, -0.2) is 0 Å². The molecular formula is C14H13N2O3S2-. The molecule has 1 aromatic heterocycles.